The van der Waals surface area contributed by atoms with Gasteiger partial charge in [-0.1, -0.05) is 11.6 Å². The summed E-state index contributed by atoms with van der Waals surface area (Å²) in [5, 5.41) is 8.99. The van der Waals surface area contributed by atoms with Crippen LogP contribution in [-0.2, 0) is 10.2 Å². The lowest BCUT2D eigenvalue weighted by molar-refractivity contribution is -0.142. The molecule has 1 aromatic rings. The molecule has 0 radical (unpaired) electrons. The SMILES string of the molecule is CC(C)(C(=O)O)c1ncc(Cl)cc1F. The molecule has 5 heteroatoms. The second kappa shape index (κ2) is 3.53. The first kappa shape index (κ1) is 10.9. The van der Waals surface area contributed by atoms with Crippen LogP contribution in [0.5, 0.6) is 0 Å². The summed E-state index contributed by atoms with van der Waals surface area (Å²) in [4.78, 5) is 14.5. The van der Waals surface area contributed by atoms with Crippen LogP contribution in [-0.4, -0.2) is 16.1 Å². The Morgan fingerprint density at radius 2 is 2.21 bits per heavy atom. The van der Waals surface area contributed by atoms with Crippen LogP contribution in [0.2, 0.25) is 5.02 Å². The van der Waals surface area contributed by atoms with Crippen molar-refractivity contribution in [2.24, 2.45) is 0 Å². The third kappa shape index (κ3) is 1.85. The van der Waals surface area contributed by atoms with Gasteiger partial charge in [-0.2, -0.15) is 0 Å². The molecule has 1 N–H and O–H groups in total. The molecular formula is C9H9ClFNO2. The van der Waals surface area contributed by atoms with E-state index >= 15 is 0 Å². The molecule has 1 heterocycles. The summed E-state index contributed by atoms with van der Waals surface area (Å²) in [7, 11) is 0. The van der Waals surface area contributed by atoms with Crippen molar-refractivity contribution in [1.29, 1.82) is 0 Å². The Labute approximate surface area is 85.5 Å². The van der Waals surface area contributed by atoms with E-state index in [4.69, 9.17) is 16.7 Å². The van der Waals surface area contributed by atoms with Crippen LogP contribution in [0.3, 0.4) is 0 Å². The quantitative estimate of drug-likeness (QED) is 0.827. The van der Waals surface area contributed by atoms with Gasteiger partial charge in [-0.25, -0.2) is 4.39 Å². The summed E-state index contributed by atoms with van der Waals surface area (Å²) < 4.78 is 13.3. The minimum Gasteiger partial charge on any atom is -0.481 e. The molecule has 0 spiro atoms. The fraction of sp³-hybridized carbons (Fsp3) is 0.333. The standard InChI is InChI=1S/C9H9ClFNO2/c1-9(2,8(13)14)7-6(11)3-5(10)4-12-7/h3-4H,1-2H3,(H,13,14). The molecule has 0 atom stereocenters. The van der Waals surface area contributed by atoms with E-state index in [1.54, 1.807) is 0 Å². The zero-order valence-corrected chi connectivity index (χ0v) is 8.47. The molecule has 0 saturated carbocycles. The molecule has 0 unspecified atom stereocenters. The second-order valence-electron chi connectivity index (χ2n) is 3.41. The van der Waals surface area contributed by atoms with Crippen molar-refractivity contribution in [3.8, 4) is 0 Å². The number of hydrogen-bond acceptors (Lipinski definition) is 2. The monoisotopic (exact) mass is 217 g/mol. The van der Waals surface area contributed by atoms with Gasteiger partial charge in [0.25, 0.3) is 0 Å². The molecule has 0 aromatic carbocycles. The Balaban J connectivity index is 3.26. The predicted octanol–water partition coefficient (Wildman–Crippen LogP) is 2.24. The van der Waals surface area contributed by atoms with Crippen molar-refractivity contribution < 1.29 is 14.3 Å². The molecule has 0 aliphatic rings. The maximum absolute atomic E-state index is 13.3. The van der Waals surface area contributed by atoms with Crippen LogP contribution < -0.4 is 0 Å². The summed E-state index contributed by atoms with van der Waals surface area (Å²) in [6, 6.07) is 1.05. The van der Waals surface area contributed by atoms with Crippen molar-refractivity contribution in [1.82, 2.24) is 4.98 Å². The molecule has 1 aromatic heterocycles. The number of halogens is 2. The number of hydrogen-bond donors (Lipinski definition) is 1. The van der Waals surface area contributed by atoms with E-state index < -0.39 is 17.2 Å². The number of rotatable bonds is 2. The lowest BCUT2D eigenvalue weighted by atomic mass is 9.89. The molecule has 0 saturated heterocycles. The summed E-state index contributed by atoms with van der Waals surface area (Å²) in [5.74, 6) is -1.84. The highest BCUT2D eigenvalue weighted by Gasteiger charge is 2.33. The van der Waals surface area contributed by atoms with E-state index in [9.17, 15) is 9.18 Å². The summed E-state index contributed by atoms with van der Waals surface area (Å²) in [6.45, 7) is 2.77. The van der Waals surface area contributed by atoms with Gasteiger partial charge in [0.15, 0.2) is 0 Å². The average Bonchev–Trinajstić information content (AvgIpc) is 2.02. The molecule has 1 rings (SSSR count). The van der Waals surface area contributed by atoms with Gasteiger partial charge in [0.05, 0.1) is 10.7 Å². The molecule has 76 valence electrons. The van der Waals surface area contributed by atoms with Crippen LogP contribution in [0.1, 0.15) is 19.5 Å². The highest BCUT2D eigenvalue weighted by molar-refractivity contribution is 6.30. The summed E-state index contributed by atoms with van der Waals surface area (Å²) in [6.07, 6.45) is 1.23. The Bertz CT molecular complexity index is 379. The molecule has 0 amide bonds. The van der Waals surface area contributed by atoms with Crippen LogP contribution >= 0.6 is 11.6 Å². The highest BCUT2D eigenvalue weighted by Crippen LogP contribution is 2.25. The number of carboxylic acids is 1. The van der Waals surface area contributed by atoms with Gasteiger partial charge in [-0.15, -0.1) is 0 Å². The third-order valence-corrected chi connectivity index (χ3v) is 2.14. The Kier molecular flexibility index (Phi) is 2.76. The topological polar surface area (TPSA) is 50.2 Å². The van der Waals surface area contributed by atoms with Crippen LogP contribution in [0.25, 0.3) is 0 Å². The molecule has 0 aliphatic carbocycles. The minimum absolute atomic E-state index is 0.116. The smallest absolute Gasteiger partial charge is 0.315 e. The largest absolute Gasteiger partial charge is 0.481 e. The average molecular weight is 218 g/mol. The maximum atomic E-state index is 13.3. The van der Waals surface area contributed by atoms with Gasteiger partial charge < -0.3 is 5.11 Å². The van der Waals surface area contributed by atoms with Gasteiger partial charge in [-0.3, -0.25) is 9.78 Å². The van der Waals surface area contributed by atoms with Crippen LogP contribution in [0, 0.1) is 5.82 Å². The van der Waals surface area contributed by atoms with Crippen LogP contribution in [0.15, 0.2) is 12.3 Å². The Morgan fingerprint density at radius 1 is 1.64 bits per heavy atom. The molecule has 0 aliphatic heterocycles. The number of aliphatic carboxylic acids is 1. The third-order valence-electron chi connectivity index (χ3n) is 1.93. The predicted molar refractivity (Wildman–Crippen MR) is 49.9 cm³/mol. The Hall–Kier alpha value is -1.16. The van der Waals surface area contributed by atoms with E-state index in [1.807, 2.05) is 0 Å². The number of carbonyl (C=O) groups is 1. The van der Waals surface area contributed by atoms with E-state index in [2.05, 4.69) is 4.98 Å². The Morgan fingerprint density at radius 3 is 2.64 bits per heavy atom. The minimum atomic E-state index is -1.35. The molecule has 3 nitrogen and oxygen atoms in total. The highest BCUT2D eigenvalue weighted by atomic mass is 35.5. The van der Waals surface area contributed by atoms with Crippen molar-refractivity contribution in [3.05, 3.63) is 28.8 Å². The number of nitrogens with zero attached hydrogens (tertiary/aromatic N) is 1. The van der Waals surface area contributed by atoms with Gasteiger partial charge in [0.2, 0.25) is 0 Å². The van der Waals surface area contributed by atoms with Crippen molar-refractivity contribution in [2.45, 2.75) is 19.3 Å². The molecule has 0 bridgehead atoms. The first-order valence-electron chi connectivity index (χ1n) is 3.90. The van der Waals surface area contributed by atoms with E-state index in [1.165, 1.54) is 20.0 Å². The van der Waals surface area contributed by atoms with Gasteiger partial charge >= 0.3 is 5.97 Å². The van der Waals surface area contributed by atoms with E-state index in [-0.39, 0.29) is 10.7 Å². The molecular weight excluding hydrogens is 209 g/mol. The lowest BCUT2D eigenvalue weighted by Crippen LogP contribution is -2.30. The van der Waals surface area contributed by atoms with E-state index in [0.29, 0.717) is 0 Å². The van der Waals surface area contributed by atoms with E-state index in [0.717, 1.165) is 6.07 Å². The second-order valence-corrected chi connectivity index (χ2v) is 3.85. The van der Waals surface area contributed by atoms with Gasteiger partial charge in [-0.05, 0) is 19.9 Å². The lowest BCUT2D eigenvalue weighted by Gasteiger charge is -2.18. The fourth-order valence-electron chi connectivity index (χ4n) is 0.976. The van der Waals surface area contributed by atoms with Crippen LogP contribution in [0.4, 0.5) is 4.39 Å². The number of aromatic nitrogens is 1. The fourth-order valence-corrected chi connectivity index (χ4v) is 1.12. The first-order chi connectivity index (χ1) is 6.35. The first-order valence-corrected chi connectivity index (χ1v) is 4.28. The number of pyridine rings is 1. The number of carboxylic acid groups (broad SMARTS) is 1. The van der Waals surface area contributed by atoms with Crippen molar-refractivity contribution >= 4 is 17.6 Å². The van der Waals surface area contributed by atoms with Crippen molar-refractivity contribution in [3.63, 3.8) is 0 Å². The van der Waals surface area contributed by atoms with Gasteiger partial charge in [0, 0.05) is 6.20 Å². The normalized spacial score (nSPS) is 11.4. The summed E-state index contributed by atoms with van der Waals surface area (Å²) in [5.41, 5.74) is -1.47. The zero-order chi connectivity index (χ0) is 10.9. The van der Waals surface area contributed by atoms with Crippen molar-refractivity contribution in [2.75, 3.05) is 0 Å². The summed E-state index contributed by atoms with van der Waals surface area (Å²) >= 11 is 5.50. The van der Waals surface area contributed by atoms with Gasteiger partial charge in [0.1, 0.15) is 11.2 Å². The zero-order valence-electron chi connectivity index (χ0n) is 7.71. The molecule has 0 fully saturated rings. The maximum Gasteiger partial charge on any atom is 0.315 e. The molecule has 14 heavy (non-hydrogen) atoms.